The number of nitrogens with zero attached hydrogens (tertiary/aromatic N) is 2. The van der Waals surface area contributed by atoms with Gasteiger partial charge in [0.25, 0.3) is 5.91 Å². The average Bonchev–Trinajstić information content (AvgIpc) is 2.42. The van der Waals surface area contributed by atoms with Crippen LogP contribution in [-0.2, 0) is 0 Å². The molecule has 5 heteroatoms. The van der Waals surface area contributed by atoms with Gasteiger partial charge in [0.15, 0.2) is 0 Å². The van der Waals surface area contributed by atoms with E-state index >= 15 is 0 Å². The van der Waals surface area contributed by atoms with Crippen LogP contribution < -0.4 is 10.6 Å². The van der Waals surface area contributed by atoms with Crippen LogP contribution in [0.2, 0.25) is 0 Å². The lowest BCUT2D eigenvalue weighted by Crippen LogP contribution is -2.31. The molecule has 0 bridgehead atoms. The van der Waals surface area contributed by atoms with Gasteiger partial charge in [0.2, 0.25) is 0 Å². The molecule has 20 heavy (non-hydrogen) atoms. The van der Waals surface area contributed by atoms with Crippen molar-refractivity contribution < 1.29 is 9.90 Å². The highest BCUT2D eigenvalue weighted by molar-refractivity contribution is 6.07. The minimum absolute atomic E-state index is 0.121. The first-order valence-corrected chi connectivity index (χ1v) is 6.36. The first-order valence-electron chi connectivity index (χ1n) is 6.36. The van der Waals surface area contributed by atoms with Gasteiger partial charge >= 0.3 is 0 Å². The maximum atomic E-state index is 12.6. The fourth-order valence-corrected chi connectivity index (χ4v) is 2.02. The van der Waals surface area contributed by atoms with Crippen molar-refractivity contribution in [2.24, 2.45) is 0 Å². The van der Waals surface area contributed by atoms with Gasteiger partial charge in [-0.3, -0.25) is 9.78 Å². The molecule has 0 radical (unpaired) electrons. The highest BCUT2D eigenvalue weighted by Crippen LogP contribution is 2.23. The van der Waals surface area contributed by atoms with Crippen molar-refractivity contribution in [2.75, 3.05) is 17.2 Å². The summed E-state index contributed by atoms with van der Waals surface area (Å²) in [6.45, 7) is 4.12. The van der Waals surface area contributed by atoms with E-state index in [0.29, 0.717) is 29.2 Å². The SMILES string of the molecule is CCN(C(=O)c1cc(N)cnc1C)c1cccc(O)c1. The van der Waals surface area contributed by atoms with E-state index in [2.05, 4.69) is 4.98 Å². The van der Waals surface area contributed by atoms with Crippen LogP contribution in [0, 0.1) is 6.92 Å². The maximum absolute atomic E-state index is 12.6. The van der Waals surface area contributed by atoms with Crippen LogP contribution in [0.3, 0.4) is 0 Å². The summed E-state index contributed by atoms with van der Waals surface area (Å²) in [5.74, 6) is -0.0634. The van der Waals surface area contributed by atoms with Crippen molar-refractivity contribution in [3.63, 3.8) is 0 Å². The summed E-state index contributed by atoms with van der Waals surface area (Å²) in [5.41, 5.74) is 7.88. The van der Waals surface area contributed by atoms with E-state index in [4.69, 9.17) is 5.73 Å². The molecule has 0 spiro atoms. The molecule has 0 aliphatic carbocycles. The second-order valence-electron chi connectivity index (χ2n) is 4.47. The normalized spacial score (nSPS) is 10.3. The van der Waals surface area contributed by atoms with Gasteiger partial charge in [-0.15, -0.1) is 0 Å². The lowest BCUT2D eigenvalue weighted by atomic mass is 10.1. The summed E-state index contributed by atoms with van der Waals surface area (Å²) >= 11 is 0. The molecule has 2 aromatic rings. The number of aromatic nitrogens is 1. The minimum Gasteiger partial charge on any atom is -0.508 e. The van der Waals surface area contributed by atoms with Crippen LogP contribution in [0.1, 0.15) is 23.0 Å². The number of rotatable bonds is 3. The number of hydrogen-bond acceptors (Lipinski definition) is 4. The number of carbonyl (C=O) groups excluding carboxylic acids is 1. The largest absolute Gasteiger partial charge is 0.508 e. The van der Waals surface area contributed by atoms with Crippen molar-refractivity contribution in [2.45, 2.75) is 13.8 Å². The van der Waals surface area contributed by atoms with Crippen molar-refractivity contribution >= 4 is 17.3 Å². The van der Waals surface area contributed by atoms with E-state index in [-0.39, 0.29) is 11.7 Å². The van der Waals surface area contributed by atoms with E-state index in [1.54, 1.807) is 42.2 Å². The van der Waals surface area contributed by atoms with Gasteiger partial charge in [-0.2, -0.15) is 0 Å². The minimum atomic E-state index is -0.185. The molecule has 1 amide bonds. The number of nitrogen functional groups attached to an aromatic ring is 1. The molecule has 0 fully saturated rings. The third kappa shape index (κ3) is 2.71. The third-order valence-corrected chi connectivity index (χ3v) is 3.04. The predicted octanol–water partition coefficient (Wildman–Crippen LogP) is 2.34. The first-order chi connectivity index (χ1) is 9.52. The Labute approximate surface area is 117 Å². The number of phenolic OH excluding ortho intramolecular Hbond substituents is 1. The zero-order valence-corrected chi connectivity index (χ0v) is 11.5. The van der Waals surface area contributed by atoms with Crippen LogP contribution in [0.15, 0.2) is 36.5 Å². The Morgan fingerprint density at radius 1 is 1.40 bits per heavy atom. The first kappa shape index (κ1) is 13.9. The van der Waals surface area contributed by atoms with Crippen molar-refractivity contribution in [3.05, 3.63) is 47.8 Å². The molecular weight excluding hydrogens is 254 g/mol. The molecule has 0 saturated heterocycles. The smallest absolute Gasteiger partial charge is 0.260 e. The number of carbonyl (C=O) groups is 1. The number of phenols is 1. The number of anilines is 2. The van der Waals surface area contributed by atoms with Gasteiger partial charge in [0.1, 0.15) is 5.75 Å². The summed E-state index contributed by atoms with van der Waals surface area (Å²) in [5, 5.41) is 9.54. The predicted molar refractivity (Wildman–Crippen MR) is 78.8 cm³/mol. The standard InChI is InChI=1S/C15H17N3O2/c1-3-18(12-5-4-6-13(19)8-12)15(20)14-7-11(16)9-17-10(14)2/h4-9,19H,3,16H2,1-2H3. The maximum Gasteiger partial charge on any atom is 0.260 e. The molecule has 5 nitrogen and oxygen atoms in total. The zero-order valence-electron chi connectivity index (χ0n) is 11.5. The molecule has 0 atom stereocenters. The van der Waals surface area contributed by atoms with Gasteiger partial charge in [0, 0.05) is 18.3 Å². The second-order valence-corrected chi connectivity index (χ2v) is 4.47. The quantitative estimate of drug-likeness (QED) is 0.898. The molecule has 104 valence electrons. The van der Waals surface area contributed by atoms with Gasteiger partial charge in [-0.1, -0.05) is 6.07 Å². The number of aryl methyl sites for hydroxylation is 1. The molecule has 0 unspecified atom stereocenters. The van der Waals surface area contributed by atoms with Crippen LogP contribution in [-0.4, -0.2) is 22.5 Å². The molecule has 2 rings (SSSR count). The van der Waals surface area contributed by atoms with Crippen LogP contribution in [0.5, 0.6) is 5.75 Å². The molecule has 3 N–H and O–H groups in total. The number of benzene rings is 1. The molecule has 1 aromatic carbocycles. The lowest BCUT2D eigenvalue weighted by Gasteiger charge is -2.22. The average molecular weight is 271 g/mol. The van der Waals surface area contributed by atoms with E-state index in [1.807, 2.05) is 6.92 Å². The summed E-state index contributed by atoms with van der Waals surface area (Å²) < 4.78 is 0. The summed E-state index contributed by atoms with van der Waals surface area (Å²) in [6.07, 6.45) is 1.52. The Hall–Kier alpha value is -2.56. The van der Waals surface area contributed by atoms with Crippen LogP contribution in [0.25, 0.3) is 0 Å². The Balaban J connectivity index is 2.41. The van der Waals surface area contributed by atoms with Crippen molar-refractivity contribution in [1.82, 2.24) is 4.98 Å². The molecule has 1 heterocycles. The summed E-state index contributed by atoms with van der Waals surface area (Å²) in [4.78, 5) is 18.3. The number of aromatic hydroxyl groups is 1. The van der Waals surface area contributed by atoms with Gasteiger partial charge in [0.05, 0.1) is 23.1 Å². The highest BCUT2D eigenvalue weighted by atomic mass is 16.3. The Morgan fingerprint density at radius 3 is 2.80 bits per heavy atom. The Kier molecular flexibility index (Phi) is 3.89. The van der Waals surface area contributed by atoms with Gasteiger partial charge in [-0.25, -0.2) is 0 Å². The van der Waals surface area contributed by atoms with Crippen molar-refractivity contribution in [1.29, 1.82) is 0 Å². The van der Waals surface area contributed by atoms with Gasteiger partial charge in [-0.05, 0) is 32.0 Å². The van der Waals surface area contributed by atoms with Gasteiger partial charge < -0.3 is 15.7 Å². The molecule has 0 saturated carbocycles. The molecule has 1 aromatic heterocycles. The van der Waals surface area contributed by atoms with E-state index in [1.165, 1.54) is 6.20 Å². The number of amides is 1. The number of hydrogen-bond donors (Lipinski definition) is 2. The monoisotopic (exact) mass is 271 g/mol. The highest BCUT2D eigenvalue weighted by Gasteiger charge is 2.19. The molecule has 0 aliphatic rings. The zero-order chi connectivity index (χ0) is 14.7. The fraction of sp³-hybridized carbons (Fsp3) is 0.200. The molecular formula is C15H17N3O2. The van der Waals surface area contributed by atoms with Crippen LogP contribution >= 0.6 is 0 Å². The summed E-state index contributed by atoms with van der Waals surface area (Å²) in [7, 11) is 0. The second kappa shape index (κ2) is 5.61. The fourth-order valence-electron chi connectivity index (χ4n) is 2.02. The molecule has 0 aliphatic heterocycles. The Morgan fingerprint density at radius 2 is 2.15 bits per heavy atom. The van der Waals surface area contributed by atoms with E-state index in [0.717, 1.165) is 0 Å². The number of nitrogens with two attached hydrogens (primary N) is 1. The van der Waals surface area contributed by atoms with Crippen molar-refractivity contribution in [3.8, 4) is 5.75 Å². The summed E-state index contributed by atoms with van der Waals surface area (Å²) in [6, 6.07) is 8.21. The van der Waals surface area contributed by atoms with E-state index in [9.17, 15) is 9.90 Å². The van der Waals surface area contributed by atoms with E-state index < -0.39 is 0 Å². The topological polar surface area (TPSA) is 79.5 Å². The van der Waals surface area contributed by atoms with Crippen LogP contribution in [0.4, 0.5) is 11.4 Å². The lowest BCUT2D eigenvalue weighted by molar-refractivity contribution is 0.0987. The number of pyridine rings is 1. The Bertz CT molecular complexity index is 641. The third-order valence-electron chi connectivity index (χ3n) is 3.04.